The predicted octanol–water partition coefficient (Wildman–Crippen LogP) is 13.0. The molecular weight excluding hydrogens is 1140 g/mol. The van der Waals surface area contributed by atoms with Crippen LogP contribution >= 0.6 is 7.82 Å². The number of hydrogen-bond acceptors (Lipinski definition) is 16. The number of phosphoric acid groups is 1. The number of aromatic hydroxyl groups is 3. The molecule has 6 aromatic carbocycles. The van der Waals surface area contributed by atoms with Gasteiger partial charge in [0, 0.05) is 51.9 Å². The topological polar surface area (TPSA) is 280 Å². The van der Waals surface area contributed by atoms with Crippen LogP contribution in [0.3, 0.4) is 0 Å². The summed E-state index contributed by atoms with van der Waals surface area (Å²) in [4.78, 5) is 0.204. The van der Waals surface area contributed by atoms with Gasteiger partial charge in [-0.1, -0.05) is 77.9 Å². The van der Waals surface area contributed by atoms with Crippen molar-refractivity contribution < 1.29 is 58.7 Å². The molecule has 6 aromatic rings. The molecule has 0 bridgehead atoms. The molecule has 446 valence electrons. The zero-order valence-corrected chi connectivity index (χ0v) is 50.8. The van der Waals surface area contributed by atoms with Gasteiger partial charge in [0.25, 0.3) is 0 Å². The maximum Gasteiger partial charge on any atom is 0.477 e. The summed E-state index contributed by atoms with van der Waals surface area (Å²) in [7, 11) is -16.5. The second-order valence-electron chi connectivity index (χ2n) is 21.6. The van der Waals surface area contributed by atoms with Crippen molar-refractivity contribution in [3.05, 3.63) is 144 Å². The minimum atomic E-state index is -5.18. The SMILES string of the molecule is CCC(CC)(OP(=O)(OC(CC)(CC)c1cccc(O)c1Nc1ccc(S(=O)(=O)NC2CC2)cc1)OC(CC)(CC)c1cccc(O)c1Nc1ccc(S(=O)(=O)NC2CC2)cc1)c1cccc(O)c1Nc1ccc(S(=O)(=O)NC2CC2)cc1. The molecule has 0 amide bonds. The summed E-state index contributed by atoms with van der Waals surface area (Å²) in [6.07, 6.45) is 5.36. The van der Waals surface area contributed by atoms with Crippen LogP contribution in [0, 0.1) is 0 Å². The van der Waals surface area contributed by atoms with Gasteiger partial charge in [-0.05, 0) is 168 Å². The van der Waals surface area contributed by atoms with Crippen molar-refractivity contribution in [3.63, 3.8) is 0 Å². The van der Waals surface area contributed by atoms with Gasteiger partial charge in [0.1, 0.15) is 34.1 Å². The highest BCUT2D eigenvalue weighted by molar-refractivity contribution is 7.90. The molecule has 0 atom stereocenters. The molecule has 3 aliphatic rings. The van der Waals surface area contributed by atoms with E-state index in [0.717, 1.165) is 38.5 Å². The summed E-state index contributed by atoms with van der Waals surface area (Å²) in [6, 6.07) is 32.5. The molecule has 0 spiro atoms. The third kappa shape index (κ3) is 13.7. The summed E-state index contributed by atoms with van der Waals surface area (Å²) in [5.41, 5.74) is -1.93. The standard InChI is InChI=1S/C60H75N6O13PS3/c1-7-58(8-2,49-16-13-19-52(67)55(49)61-40-28-34-46(35-29-40)81(71,72)64-43-22-23-43)77-80(70,78-59(9-3,10-4)50-17-14-20-53(68)56(50)62-41-30-36-47(37-31-41)82(73,74)65-44-24-25-44)79-60(11-5,12-6)51-18-15-21-54(69)57(51)63-42-32-38-48(39-33-42)83(75,76)66-45-26-27-45/h13-21,28-39,43-45,61-69H,7-12,22-27H2,1-6H3. The average molecular weight is 1220 g/mol. The number of phenols is 3. The van der Waals surface area contributed by atoms with Gasteiger partial charge in [-0.25, -0.2) is 44.0 Å². The monoisotopic (exact) mass is 1210 g/mol. The van der Waals surface area contributed by atoms with Crippen LogP contribution in [-0.4, -0.2) is 58.7 Å². The van der Waals surface area contributed by atoms with E-state index in [0.29, 0.717) is 33.8 Å². The normalized spacial score (nSPS) is 15.5. The van der Waals surface area contributed by atoms with Crippen LogP contribution in [0.4, 0.5) is 34.1 Å². The Kier molecular flexibility index (Phi) is 18.2. The molecule has 3 saturated carbocycles. The number of para-hydroxylation sites is 3. The molecule has 83 heavy (non-hydrogen) atoms. The maximum atomic E-state index is 17.1. The van der Waals surface area contributed by atoms with Gasteiger partial charge in [0.2, 0.25) is 30.1 Å². The molecule has 9 N–H and O–H groups in total. The van der Waals surface area contributed by atoms with Crippen LogP contribution in [0.25, 0.3) is 0 Å². The first-order valence-electron chi connectivity index (χ1n) is 28.4. The lowest BCUT2D eigenvalue weighted by Crippen LogP contribution is -2.36. The van der Waals surface area contributed by atoms with E-state index in [-0.39, 0.29) is 106 Å². The molecule has 0 heterocycles. The van der Waals surface area contributed by atoms with Crippen molar-refractivity contribution in [2.24, 2.45) is 0 Å². The lowest BCUT2D eigenvalue weighted by Gasteiger charge is -2.44. The second-order valence-corrected chi connectivity index (χ2v) is 28.1. The molecule has 0 unspecified atom stereocenters. The lowest BCUT2D eigenvalue weighted by molar-refractivity contribution is -0.0811. The Morgan fingerprint density at radius 3 is 0.831 bits per heavy atom. The Hall–Kier alpha value is -6.04. The number of hydrogen-bond donors (Lipinski definition) is 9. The summed E-state index contributed by atoms with van der Waals surface area (Å²) in [5.74, 6) is -0.598. The van der Waals surface area contributed by atoms with Crippen molar-refractivity contribution in [1.82, 2.24) is 14.2 Å². The van der Waals surface area contributed by atoms with Crippen LogP contribution in [0.1, 0.15) is 135 Å². The number of sulfonamides is 3. The third-order valence-electron chi connectivity index (χ3n) is 15.9. The Balaban J connectivity index is 1.14. The Bertz CT molecular complexity index is 3300. The zero-order valence-electron chi connectivity index (χ0n) is 47.4. The van der Waals surface area contributed by atoms with E-state index in [2.05, 4.69) is 30.1 Å². The predicted molar refractivity (Wildman–Crippen MR) is 321 cm³/mol. The smallest absolute Gasteiger partial charge is 0.477 e. The van der Waals surface area contributed by atoms with Crippen molar-refractivity contribution in [3.8, 4) is 17.2 Å². The Morgan fingerprint density at radius 2 is 0.627 bits per heavy atom. The van der Waals surface area contributed by atoms with Crippen LogP contribution in [-0.2, 0) is 65.0 Å². The summed E-state index contributed by atoms with van der Waals surface area (Å²) >= 11 is 0. The zero-order chi connectivity index (χ0) is 59.6. The molecule has 19 nitrogen and oxygen atoms in total. The quantitative estimate of drug-likeness (QED) is 0.0150. The molecule has 0 aliphatic heterocycles. The summed E-state index contributed by atoms with van der Waals surface area (Å²) in [5, 5.41) is 45.2. The van der Waals surface area contributed by atoms with Gasteiger partial charge in [-0.2, -0.15) is 0 Å². The summed E-state index contributed by atoms with van der Waals surface area (Å²) in [6.45, 7) is 11.0. The van der Waals surface area contributed by atoms with Crippen molar-refractivity contribution in [2.45, 2.75) is 168 Å². The van der Waals surface area contributed by atoms with E-state index in [9.17, 15) is 40.6 Å². The highest BCUT2D eigenvalue weighted by atomic mass is 32.2. The van der Waals surface area contributed by atoms with E-state index in [1.54, 1.807) is 72.8 Å². The molecule has 0 saturated heterocycles. The third-order valence-corrected chi connectivity index (χ3v) is 22.2. The Labute approximate surface area is 487 Å². The van der Waals surface area contributed by atoms with Gasteiger partial charge in [-0.15, -0.1) is 0 Å². The highest BCUT2D eigenvalue weighted by Gasteiger charge is 2.52. The van der Waals surface area contributed by atoms with E-state index in [1.807, 2.05) is 41.5 Å². The fraction of sp³-hybridized carbons (Fsp3) is 0.400. The number of phenolic OH excluding ortho intramolecular Hbond substituents is 3. The number of anilines is 6. The molecule has 9 rings (SSSR count). The first-order valence-corrected chi connectivity index (χ1v) is 34.3. The van der Waals surface area contributed by atoms with Crippen LogP contribution in [0.5, 0.6) is 17.2 Å². The minimum absolute atomic E-state index is 0.0680. The number of nitrogens with one attached hydrogen (secondary N) is 6. The van der Waals surface area contributed by atoms with E-state index in [4.69, 9.17) is 13.6 Å². The first-order chi connectivity index (χ1) is 39.5. The molecule has 3 fully saturated rings. The molecule has 3 aliphatic carbocycles. The second kappa shape index (κ2) is 24.5. The number of benzene rings is 6. The van der Waals surface area contributed by atoms with Crippen molar-refractivity contribution in [2.75, 3.05) is 16.0 Å². The van der Waals surface area contributed by atoms with Gasteiger partial charge in [0.05, 0.1) is 31.7 Å². The van der Waals surface area contributed by atoms with Gasteiger partial charge in [-0.3, -0.25) is 13.6 Å². The van der Waals surface area contributed by atoms with Crippen LogP contribution in [0.2, 0.25) is 0 Å². The van der Waals surface area contributed by atoms with Gasteiger partial charge >= 0.3 is 7.82 Å². The fourth-order valence-electron chi connectivity index (χ4n) is 10.3. The molecular formula is C60H75N6O13PS3. The van der Waals surface area contributed by atoms with E-state index < -0.39 is 54.7 Å². The lowest BCUT2D eigenvalue weighted by atomic mass is 9.87. The van der Waals surface area contributed by atoms with Gasteiger partial charge < -0.3 is 31.3 Å². The highest BCUT2D eigenvalue weighted by Crippen LogP contribution is 2.67. The average Bonchev–Trinajstić information content (AvgIpc) is 3.22. The van der Waals surface area contributed by atoms with E-state index >= 15 is 4.57 Å². The maximum absolute atomic E-state index is 17.1. The number of phosphoric ester groups is 1. The first kappa shape index (κ1) is 61.5. The molecule has 23 heteroatoms. The largest absolute Gasteiger partial charge is 0.506 e. The van der Waals surface area contributed by atoms with Crippen LogP contribution in [0.15, 0.2) is 142 Å². The molecule has 0 aromatic heterocycles. The van der Waals surface area contributed by atoms with Crippen molar-refractivity contribution >= 4 is 72.0 Å². The van der Waals surface area contributed by atoms with Crippen molar-refractivity contribution in [1.29, 1.82) is 0 Å². The minimum Gasteiger partial charge on any atom is -0.506 e. The molecule has 0 radical (unpaired) electrons. The van der Waals surface area contributed by atoms with E-state index in [1.165, 1.54) is 54.6 Å². The van der Waals surface area contributed by atoms with Gasteiger partial charge in [0.15, 0.2) is 0 Å². The number of rotatable bonds is 30. The summed E-state index contributed by atoms with van der Waals surface area (Å²) < 4.78 is 126. The Morgan fingerprint density at radius 1 is 0.398 bits per heavy atom. The fourth-order valence-corrected chi connectivity index (χ4v) is 16.7. The van der Waals surface area contributed by atoms with Crippen LogP contribution < -0.4 is 30.1 Å².